The number of rotatable bonds is 3. The maximum absolute atomic E-state index is 4.60. The lowest BCUT2D eigenvalue weighted by Crippen LogP contribution is -2.51. The monoisotopic (exact) mass is 333 g/mol. The summed E-state index contributed by atoms with van der Waals surface area (Å²) in [4.78, 5) is 5.19. The van der Waals surface area contributed by atoms with Crippen molar-refractivity contribution in [1.82, 2.24) is 4.98 Å². The van der Waals surface area contributed by atoms with Gasteiger partial charge in [0.2, 0.25) is 0 Å². The van der Waals surface area contributed by atoms with Gasteiger partial charge in [-0.05, 0) is 73.8 Å². The Morgan fingerprint density at radius 2 is 1.70 bits per heavy atom. The number of halogens is 1. The number of hydrogen-bond acceptors (Lipinski definition) is 1. The molecule has 0 radical (unpaired) electrons. The van der Waals surface area contributed by atoms with Gasteiger partial charge in [0.15, 0.2) is 0 Å². The fraction of sp³-hybridized carbons (Fsp3) is 0.722. The summed E-state index contributed by atoms with van der Waals surface area (Å²) in [7, 11) is 0. The van der Waals surface area contributed by atoms with E-state index in [2.05, 4.69) is 40.0 Å². The van der Waals surface area contributed by atoms with Gasteiger partial charge < -0.3 is 0 Å². The lowest BCUT2D eigenvalue weighted by molar-refractivity contribution is -0.0550. The molecule has 1 nitrogen and oxygen atoms in total. The van der Waals surface area contributed by atoms with Gasteiger partial charge in [0.05, 0.1) is 0 Å². The Balaban J connectivity index is 1.60. The molecule has 1 aromatic rings. The first-order chi connectivity index (χ1) is 9.66. The van der Waals surface area contributed by atoms with E-state index in [1.54, 1.807) is 0 Å². The van der Waals surface area contributed by atoms with Crippen molar-refractivity contribution < 1.29 is 0 Å². The molecule has 0 N–H and O–H groups in total. The minimum absolute atomic E-state index is 0.521. The highest BCUT2D eigenvalue weighted by molar-refractivity contribution is 9.09. The molecule has 0 aromatic carbocycles. The Morgan fingerprint density at radius 1 is 1.10 bits per heavy atom. The van der Waals surface area contributed by atoms with E-state index in [4.69, 9.17) is 0 Å². The fourth-order valence-electron chi connectivity index (χ4n) is 5.84. The molecule has 1 aromatic heterocycles. The zero-order valence-corrected chi connectivity index (χ0v) is 13.8. The molecule has 4 saturated carbocycles. The van der Waals surface area contributed by atoms with Crippen molar-refractivity contribution in [3.8, 4) is 0 Å². The first-order valence-electron chi connectivity index (χ1n) is 8.21. The molecule has 4 aliphatic rings. The van der Waals surface area contributed by atoms with E-state index >= 15 is 0 Å². The first-order valence-corrected chi connectivity index (χ1v) is 9.13. The number of hydrogen-bond donors (Lipinski definition) is 0. The van der Waals surface area contributed by atoms with Crippen molar-refractivity contribution in [2.24, 2.45) is 23.2 Å². The van der Waals surface area contributed by atoms with Gasteiger partial charge in [-0.2, -0.15) is 0 Å². The van der Waals surface area contributed by atoms with Crippen LogP contribution >= 0.6 is 15.9 Å². The number of aromatic nitrogens is 1. The number of pyridine rings is 1. The topological polar surface area (TPSA) is 12.9 Å². The largest absolute Gasteiger partial charge is 0.261 e. The van der Waals surface area contributed by atoms with Crippen molar-refractivity contribution in [1.29, 1.82) is 0 Å². The predicted molar refractivity (Wildman–Crippen MR) is 86.0 cm³/mol. The average Bonchev–Trinajstić information content (AvgIpc) is 2.45. The minimum atomic E-state index is 0.521. The normalized spacial score (nSPS) is 41.6. The summed E-state index contributed by atoms with van der Waals surface area (Å²) in [6.07, 6.45) is 10.9. The Morgan fingerprint density at radius 3 is 2.20 bits per heavy atom. The van der Waals surface area contributed by atoms with Crippen molar-refractivity contribution >= 4 is 15.9 Å². The number of alkyl halides is 1. The van der Waals surface area contributed by atoms with E-state index in [0.717, 1.165) is 17.8 Å². The molecule has 0 amide bonds. The summed E-state index contributed by atoms with van der Waals surface area (Å²) < 4.78 is 0. The quantitative estimate of drug-likeness (QED) is 0.695. The molecular weight excluding hydrogens is 310 g/mol. The zero-order valence-electron chi connectivity index (χ0n) is 12.3. The third-order valence-electron chi connectivity index (χ3n) is 6.26. The highest BCUT2D eigenvalue weighted by Crippen LogP contribution is 2.63. The average molecular weight is 334 g/mol. The van der Waals surface area contributed by atoms with Crippen molar-refractivity contribution in [2.45, 2.75) is 56.2 Å². The van der Waals surface area contributed by atoms with Crippen LogP contribution in [0.5, 0.6) is 0 Å². The lowest BCUT2D eigenvalue weighted by Gasteiger charge is -2.59. The lowest BCUT2D eigenvalue weighted by atomic mass is 9.48. The van der Waals surface area contributed by atoms with Gasteiger partial charge in [-0.25, -0.2) is 0 Å². The highest BCUT2D eigenvalue weighted by Gasteiger charge is 2.54. The van der Waals surface area contributed by atoms with E-state index in [9.17, 15) is 0 Å². The molecule has 0 saturated heterocycles. The minimum Gasteiger partial charge on any atom is -0.261 e. The SMILES string of the molecule is CC(c1ccccn1)C(Br)C12CC3CC(CC(C3)C1)C2. The second-order valence-electron chi connectivity index (χ2n) is 7.72. The summed E-state index contributed by atoms with van der Waals surface area (Å²) in [5.41, 5.74) is 1.82. The smallest absolute Gasteiger partial charge is 0.0443 e. The zero-order chi connectivity index (χ0) is 13.7. The van der Waals surface area contributed by atoms with Crippen LogP contribution in [0.1, 0.15) is 57.1 Å². The molecule has 108 valence electrons. The summed E-state index contributed by atoms with van der Waals surface area (Å²) >= 11 is 4.13. The van der Waals surface area contributed by atoms with E-state index < -0.39 is 0 Å². The second-order valence-corrected chi connectivity index (χ2v) is 8.71. The summed E-state index contributed by atoms with van der Waals surface area (Å²) in [6.45, 7) is 2.36. The van der Waals surface area contributed by atoms with Crippen LogP contribution in [-0.2, 0) is 0 Å². The summed E-state index contributed by atoms with van der Waals surface area (Å²) in [5.74, 6) is 3.60. The molecule has 2 heteroatoms. The van der Waals surface area contributed by atoms with Gasteiger partial charge in [-0.15, -0.1) is 0 Å². The van der Waals surface area contributed by atoms with Crippen LogP contribution in [0.2, 0.25) is 0 Å². The first kappa shape index (κ1) is 13.3. The van der Waals surface area contributed by atoms with Crippen molar-refractivity contribution in [3.63, 3.8) is 0 Å². The second kappa shape index (κ2) is 4.83. The molecule has 20 heavy (non-hydrogen) atoms. The number of nitrogens with zero attached hydrogens (tertiary/aromatic N) is 1. The Labute approximate surface area is 130 Å². The van der Waals surface area contributed by atoms with Crippen LogP contribution in [0.3, 0.4) is 0 Å². The van der Waals surface area contributed by atoms with Crippen molar-refractivity contribution in [3.05, 3.63) is 30.1 Å². The van der Waals surface area contributed by atoms with Crippen LogP contribution in [0.25, 0.3) is 0 Å². The molecule has 4 fully saturated rings. The molecular formula is C18H24BrN. The fourth-order valence-corrected chi connectivity index (χ4v) is 6.67. The molecule has 1 heterocycles. The van der Waals surface area contributed by atoms with Gasteiger partial charge in [0.25, 0.3) is 0 Å². The molecule has 5 rings (SSSR count). The molecule has 2 atom stereocenters. The van der Waals surface area contributed by atoms with Crippen LogP contribution in [0.4, 0.5) is 0 Å². The van der Waals surface area contributed by atoms with Gasteiger partial charge >= 0.3 is 0 Å². The van der Waals surface area contributed by atoms with Crippen LogP contribution in [-0.4, -0.2) is 9.81 Å². The molecule has 2 unspecified atom stereocenters. The molecule has 0 spiro atoms. The maximum atomic E-state index is 4.60. The van der Waals surface area contributed by atoms with Gasteiger partial charge in [-0.3, -0.25) is 4.98 Å². The summed E-state index contributed by atoms with van der Waals surface area (Å²) in [6, 6.07) is 6.34. The van der Waals surface area contributed by atoms with Crippen LogP contribution < -0.4 is 0 Å². The third-order valence-corrected chi connectivity index (χ3v) is 8.03. The van der Waals surface area contributed by atoms with E-state index in [0.29, 0.717) is 16.2 Å². The molecule has 0 aliphatic heterocycles. The standard InChI is InChI=1S/C18H24BrN/c1-12(16-4-2-3-5-20-16)17(19)18-9-13-6-14(10-18)8-15(7-13)11-18/h2-5,12-15,17H,6-11H2,1H3. The third kappa shape index (κ3) is 2.06. The van der Waals surface area contributed by atoms with E-state index in [1.807, 2.05) is 12.3 Å². The van der Waals surface area contributed by atoms with Crippen molar-refractivity contribution in [2.75, 3.05) is 0 Å². The van der Waals surface area contributed by atoms with Crippen LogP contribution in [0.15, 0.2) is 24.4 Å². The van der Waals surface area contributed by atoms with Gasteiger partial charge in [0.1, 0.15) is 0 Å². The Kier molecular flexibility index (Phi) is 3.21. The molecule has 4 aliphatic carbocycles. The Hall–Kier alpha value is -0.370. The van der Waals surface area contributed by atoms with Gasteiger partial charge in [-0.1, -0.05) is 28.9 Å². The highest BCUT2D eigenvalue weighted by atomic mass is 79.9. The van der Waals surface area contributed by atoms with Gasteiger partial charge in [0, 0.05) is 22.6 Å². The molecule has 4 bridgehead atoms. The summed E-state index contributed by atoms with van der Waals surface area (Å²) in [5, 5.41) is 0. The Bertz CT molecular complexity index is 448. The predicted octanol–water partition coefficient (Wildman–Crippen LogP) is 5.17. The van der Waals surface area contributed by atoms with E-state index in [-0.39, 0.29) is 0 Å². The van der Waals surface area contributed by atoms with E-state index in [1.165, 1.54) is 44.2 Å². The van der Waals surface area contributed by atoms with Crippen LogP contribution in [0, 0.1) is 23.2 Å². The maximum Gasteiger partial charge on any atom is 0.0443 e.